The maximum Gasteiger partial charge on any atom is 0.311 e. The predicted molar refractivity (Wildman–Crippen MR) is 92.0 cm³/mol. The van der Waals surface area contributed by atoms with Crippen molar-refractivity contribution in [3.8, 4) is 5.75 Å². The highest BCUT2D eigenvalue weighted by molar-refractivity contribution is 5.95. The van der Waals surface area contributed by atoms with E-state index in [2.05, 4.69) is 5.32 Å². The van der Waals surface area contributed by atoms with E-state index >= 15 is 0 Å². The van der Waals surface area contributed by atoms with Crippen LogP contribution in [-0.2, 0) is 20.7 Å². The Morgan fingerprint density at radius 1 is 1.16 bits per heavy atom. The summed E-state index contributed by atoms with van der Waals surface area (Å²) in [6.07, 6.45) is -0.979. The molecular formula is C19H20FNO4. The van der Waals surface area contributed by atoms with Crippen LogP contribution in [0, 0.1) is 12.7 Å². The number of methoxy groups -OCH3 is 1. The van der Waals surface area contributed by atoms with Gasteiger partial charge >= 0.3 is 5.97 Å². The summed E-state index contributed by atoms with van der Waals surface area (Å²) in [7, 11) is 1.53. The van der Waals surface area contributed by atoms with Gasteiger partial charge in [-0.05, 0) is 44.2 Å². The summed E-state index contributed by atoms with van der Waals surface area (Å²) < 4.78 is 23.3. The number of hydrogen-bond acceptors (Lipinski definition) is 4. The smallest absolute Gasteiger partial charge is 0.311 e. The minimum Gasteiger partial charge on any atom is -0.496 e. The SMILES string of the molecule is COc1ccc(C)cc1CC(=O)O[C@H](C)C(=O)Nc1ccc(F)cc1. The minimum absolute atomic E-state index is 0.000971. The molecular weight excluding hydrogens is 325 g/mol. The van der Waals surface area contributed by atoms with Crippen LogP contribution in [-0.4, -0.2) is 25.1 Å². The standard InChI is InChI=1S/C19H20FNO4/c1-12-4-9-17(24-3)14(10-12)11-18(22)25-13(2)19(23)21-16-7-5-15(20)6-8-16/h4-10,13H,11H2,1-3H3,(H,21,23)/t13-/m1/s1. The van der Waals surface area contributed by atoms with E-state index in [1.165, 1.54) is 38.3 Å². The van der Waals surface area contributed by atoms with Crippen molar-refractivity contribution in [3.63, 3.8) is 0 Å². The van der Waals surface area contributed by atoms with Crippen LogP contribution in [0.3, 0.4) is 0 Å². The van der Waals surface area contributed by atoms with E-state index in [-0.39, 0.29) is 6.42 Å². The first-order valence-electron chi connectivity index (χ1n) is 7.78. The Balaban J connectivity index is 1.94. The van der Waals surface area contributed by atoms with Crippen LogP contribution in [0.4, 0.5) is 10.1 Å². The third kappa shape index (κ3) is 5.31. The number of hydrogen-bond donors (Lipinski definition) is 1. The third-order valence-electron chi connectivity index (χ3n) is 3.56. The van der Waals surface area contributed by atoms with Gasteiger partial charge in [0.1, 0.15) is 11.6 Å². The molecule has 0 unspecified atom stereocenters. The van der Waals surface area contributed by atoms with Crippen molar-refractivity contribution >= 4 is 17.6 Å². The summed E-state index contributed by atoms with van der Waals surface area (Å²) in [5.74, 6) is -0.836. The molecule has 0 saturated heterocycles. The van der Waals surface area contributed by atoms with Crippen LogP contribution in [0.1, 0.15) is 18.1 Å². The molecule has 2 aromatic rings. The average molecular weight is 345 g/mol. The third-order valence-corrected chi connectivity index (χ3v) is 3.56. The second kappa shape index (κ2) is 8.28. The zero-order valence-corrected chi connectivity index (χ0v) is 14.3. The molecule has 0 aliphatic heterocycles. The fourth-order valence-corrected chi connectivity index (χ4v) is 2.27. The van der Waals surface area contributed by atoms with E-state index in [1.807, 2.05) is 19.1 Å². The second-order valence-electron chi connectivity index (χ2n) is 5.62. The molecule has 5 nitrogen and oxygen atoms in total. The van der Waals surface area contributed by atoms with E-state index in [4.69, 9.17) is 9.47 Å². The molecule has 0 spiro atoms. The number of carbonyl (C=O) groups excluding carboxylic acids is 2. The number of esters is 1. The first-order chi connectivity index (χ1) is 11.9. The summed E-state index contributed by atoms with van der Waals surface area (Å²) in [4.78, 5) is 24.2. The molecule has 0 fully saturated rings. The number of anilines is 1. The summed E-state index contributed by atoms with van der Waals surface area (Å²) in [5.41, 5.74) is 2.11. The summed E-state index contributed by atoms with van der Waals surface area (Å²) >= 11 is 0. The first-order valence-corrected chi connectivity index (χ1v) is 7.78. The second-order valence-corrected chi connectivity index (χ2v) is 5.62. The van der Waals surface area contributed by atoms with Gasteiger partial charge in [0.15, 0.2) is 6.10 Å². The molecule has 0 aliphatic rings. The molecule has 25 heavy (non-hydrogen) atoms. The highest BCUT2D eigenvalue weighted by Crippen LogP contribution is 2.20. The van der Waals surface area contributed by atoms with Gasteiger partial charge in [0.25, 0.3) is 5.91 Å². The molecule has 2 rings (SSSR count). The first kappa shape index (κ1) is 18.4. The molecule has 1 N–H and O–H groups in total. The van der Waals surface area contributed by atoms with Crippen LogP contribution in [0.5, 0.6) is 5.75 Å². The van der Waals surface area contributed by atoms with Crippen molar-refractivity contribution in [2.75, 3.05) is 12.4 Å². The molecule has 0 radical (unpaired) electrons. The van der Waals surface area contributed by atoms with Crippen molar-refractivity contribution < 1.29 is 23.5 Å². The number of aryl methyl sites for hydroxylation is 1. The van der Waals surface area contributed by atoms with E-state index in [0.29, 0.717) is 17.0 Å². The molecule has 132 valence electrons. The maximum absolute atomic E-state index is 12.9. The highest BCUT2D eigenvalue weighted by Gasteiger charge is 2.19. The minimum atomic E-state index is -0.978. The molecule has 2 aromatic carbocycles. The van der Waals surface area contributed by atoms with Gasteiger partial charge in [-0.3, -0.25) is 9.59 Å². The fourth-order valence-electron chi connectivity index (χ4n) is 2.27. The van der Waals surface area contributed by atoms with E-state index in [1.54, 1.807) is 6.07 Å². The Morgan fingerprint density at radius 3 is 2.48 bits per heavy atom. The topological polar surface area (TPSA) is 64.6 Å². The van der Waals surface area contributed by atoms with Crippen LogP contribution < -0.4 is 10.1 Å². The van der Waals surface area contributed by atoms with Crippen LogP contribution >= 0.6 is 0 Å². The number of ether oxygens (including phenoxy) is 2. The van der Waals surface area contributed by atoms with Gasteiger partial charge in [0.2, 0.25) is 0 Å². The largest absolute Gasteiger partial charge is 0.496 e. The summed E-state index contributed by atoms with van der Waals surface area (Å²) in [6.45, 7) is 3.39. The number of benzene rings is 2. The van der Waals surface area contributed by atoms with Crippen molar-refractivity contribution in [2.24, 2.45) is 0 Å². The number of rotatable bonds is 6. The lowest BCUT2D eigenvalue weighted by Gasteiger charge is -2.14. The number of amides is 1. The van der Waals surface area contributed by atoms with Gasteiger partial charge in [-0.25, -0.2) is 4.39 Å². The zero-order chi connectivity index (χ0) is 18.4. The Hall–Kier alpha value is -2.89. The van der Waals surface area contributed by atoms with Gasteiger partial charge in [-0.15, -0.1) is 0 Å². The molecule has 6 heteroatoms. The Labute approximate surface area is 145 Å². The van der Waals surface area contributed by atoms with E-state index in [0.717, 1.165) is 5.56 Å². The monoisotopic (exact) mass is 345 g/mol. The number of halogens is 1. The zero-order valence-electron chi connectivity index (χ0n) is 14.3. The molecule has 1 amide bonds. The van der Waals surface area contributed by atoms with E-state index < -0.39 is 23.8 Å². The predicted octanol–water partition coefficient (Wildman–Crippen LogP) is 3.26. The van der Waals surface area contributed by atoms with Crippen LogP contribution in [0.25, 0.3) is 0 Å². The molecule has 0 heterocycles. The quantitative estimate of drug-likeness (QED) is 0.816. The summed E-state index contributed by atoms with van der Waals surface area (Å²) in [6, 6.07) is 10.8. The van der Waals surface area contributed by atoms with Crippen molar-refractivity contribution in [1.29, 1.82) is 0 Å². The lowest BCUT2D eigenvalue weighted by molar-refractivity contribution is -0.152. The highest BCUT2D eigenvalue weighted by atomic mass is 19.1. The van der Waals surface area contributed by atoms with Crippen molar-refractivity contribution in [2.45, 2.75) is 26.4 Å². The lowest BCUT2D eigenvalue weighted by atomic mass is 10.1. The molecule has 0 saturated carbocycles. The average Bonchev–Trinajstić information content (AvgIpc) is 2.57. The van der Waals surface area contributed by atoms with Crippen molar-refractivity contribution in [3.05, 3.63) is 59.4 Å². The lowest BCUT2D eigenvalue weighted by Crippen LogP contribution is -2.30. The number of carbonyl (C=O) groups is 2. The van der Waals surface area contributed by atoms with Gasteiger partial charge in [0, 0.05) is 11.3 Å². The normalized spacial score (nSPS) is 11.5. The van der Waals surface area contributed by atoms with Gasteiger partial charge in [0.05, 0.1) is 13.5 Å². The van der Waals surface area contributed by atoms with Crippen LogP contribution in [0.15, 0.2) is 42.5 Å². The fraction of sp³-hybridized carbons (Fsp3) is 0.263. The number of nitrogens with one attached hydrogen (secondary N) is 1. The Kier molecular flexibility index (Phi) is 6.11. The Morgan fingerprint density at radius 2 is 1.84 bits per heavy atom. The molecule has 0 aliphatic carbocycles. The van der Waals surface area contributed by atoms with E-state index in [9.17, 15) is 14.0 Å². The van der Waals surface area contributed by atoms with Crippen LogP contribution in [0.2, 0.25) is 0 Å². The summed E-state index contributed by atoms with van der Waals surface area (Å²) in [5, 5.41) is 2.56. The van der Waals surface area contributed by atoms with Gasteiger partial charge < -0.3 is 14.8 Å². The molecule has 0 bridgehead atoms. The van der Waals surface area contributed by atoms with Crippen molar-refractivity contribution in [1.82, 2.24) is 0 Å². The van der Waals surface area contributed by atoms with Gasteiger partial charge in [-0.2, -0.15) is 0 Å². The van der Waals surface area contributed by atoms with Gasteiger partial charge in [-0.1, -0.05) is 17.7 Å². The molecule has 0 aromatic heterocycles. The maximum atomic E-state index is 12.9. The molecule has 1 atom stereocenters. The Bertz CT molecular complexity index is 759.